The molecule has 3 rings (SSSR count). The molecule has 0 saturated carbocycles. The van der Waals surface area contributed by atoms with Crippen LogP contribution in [0.1, 0.15) is 51.7 Å². The number of alkyl carbamates (subject to hydrolysis) is 1. The van der Waals surface area contributed by atoms with Crippen molar-refractivity contribution in [3.05, 3.63) is 65.7 Å². The van der Waals surface area contributed by atoms with Crippen LogP contribution in [-0.2, 0) is 33.7 Å². The topological polar surface area (TPSA) is 128 Å². The van der Waals surface area contributed by atoms with E-state index in [1.807, 2.05) is 58.0 Å². The Morgan fingerprint density at radius 2 is 1.50 bits per heavy atom. The van der Waals surface area contributed by atoms with Gasteiger partial charge in [-0.2, -0.15) is 18.0 Å². The molecule has 226 valence electrons. The second-order valence-electron chi connectivity index (χ2n) is 10.8. The fraction of sp³-hybridized carbons (Fsp3) is 0.448. The summed E-state index contributed by atoms with van der Waals surface area (Å²) in [5.74, 6) is -0.786. The van der Waals surface area contributed by atoms with Gasteiger partial charge in [0.1, 0.15) is 19.2 Å². The van der Waals surface area contributed by atoms with Crippen LogP contribution < -0.4 is 10.6 Å². The fourth-order valence-corrected chi connectivity index (χ4v) is 4.11. The first-order valence-electron chi connectivity index (χ1n) is 13.6. The summed E-state index contributed by atoms with van der Waals surface area (Å²) in [4.78, 5) is 40.0. The van der Waals surface area contributed by atoms with Crippen molar-refractivity contribution in [1.29, 1.82) is 0 Å². The van der Waals surface area contributed by atoms with Crippen LogP contribution in [0, 0.1) is 11.8 Å². The number of aromatic nitrogens is 4. The number of carbonyl (C=O) groups excluding carboxylic acids is 3. The average molecular weight is 589 g/mol. The minimum absolute atomic E-state index is 0.0382. The number of nitrogens with one attached hydrogen (secondary N) is 2. The van der Waals surface area contributed by atoms with Crippen LogP contribution in [0.5, 0.6) is 0 Å². The molecule has 3 aromatic rings. The van der Waals surface area contributed by atoms with E-state index in [9.17, 15) is 27.6 Å². The standard InChI is InChI=1S/C29H35F3N6O4/c1-18(2)14-23(25(39)16-38-36-26(35-37-38)21-10-12-22(13-11-21)29(30,31)32)33-27(40)24(15-19(3)4)34-28(41)42-17-20-8-6-5-7-9-20/h5-13,18-19,23-24H,14-17H2,1-4H3,(H,33,40)(H,34,41)/t23?,24-/m0/s1. The number of carbonyl (C=O) groups is 3. The Hall–Kier alpha value is -4.29. The zero-order chi connectivity index (χ0) is 30.9. The van der Waals surface area contributed by atoms with E-state index >= 15 is 0 Å². The van der Waals surface area contributed by atoms with Crippen molar-refractivity contribution in [1.82, 2.24) is 30.8 Å². The van der Waals surface area contributed by atoms with Crippen molar-refractivity contribution in [2.24, 2.45) is 11.8 Å². The Bertz CT molecular complexity index is 1330. The van der Waals surface area contributed by atoms with E-state index in [-0.39, 0.29) is 30.8 Å². The SMILES string of the molecule is CC(C)CC(NC(=O)[C@H](CC(C)C)NC(=O)OCc1ccccc1)C(=O)Cn1nnc(-c2ccc(C(F)(F)F)cc2)n1. The lowest BCUT2D eigenvalue weighted by atomic mass is 9.98. The minimum atomic E-state index is -4.47. The average Bonchev–Trinajstić information content (AvgIpc) is 3.39. The van der Waals surface area contributed by atoms with Crippen LogP contribution >= 0.6 is 0 Å². The molecule has 2 atom stereocenters. The van der Waals surface area contributed by atoms with Gasteiger partial charge in [-0.15, -0.1) is 10.2 Å². The summed E-state index contributed by atoms with van der Waals surface area (Å²) in [5.41, 5.74) is 0.287. The number of benzene rings is 2. The van der Waals surface area contributed by atoms with Gasteiger partial charge in [-0.05, 0) is 47.6 Å². The lowest BCUT2D eigenvalue weighted by Gasteiger charge is -2.24. The summed E-state index contributed by atoms with van der Waals surface area (Å²) in [5, 5.41) is 17.2. The number of nitrogens with zero attached hydrogens (tertiary/aromatic N) is 4. The highest BCUT2D eigenvalue weighted by molar-refractivity contribution is 5.92. The number of hydrogen-bond acceptors (Lipinski definition) is 7. The van der Waals surface area contributed by atoms with Gasteiger partial charge >= 0.3 is 12.3 Å². The van der Waals surface area contributed by atoms with Crippen LogP contribution in [0.15, 0.2) is 54.6 Å². The predicted molar refractivity (Wildman–Crippen MR) is 148 cm³/mol. The molecule has 10 nitrogen and oxygen atoms in total. The number of Topliss-reactive ketones (excluding diaryl/α,β-unsaturated/α-hetero) is 1. The van der Waals surface area contributed by atoms with Gasteiger partial charge in [-0.25, -0.2) is 4.79 Å². The first-order chi connectivity index (χ1) is 19.8. The molecule has 0 spiro atoms. The third kappa shape index (κ3) is 9.96. The van der Waals surface area contributed by atoms with E-state index in [2.05, 4.69) is 26.0 Å². The lowest BCUT2D eigenvalue weighted by molar-refractivity contribution is -0.137. The number of alkyl halides is 3. The Kier molecular flexibility index (Phi) is 11.2. The monoisotopic (exact) mass is 588 g/mol. The molecule has 0 aliphatic heterocycles. The summed E-state index contributed by atoms with van der Waals surface area (Å²) in [6.07, 6.45) is -4.60. The number of ketones is 1. The number of amides is 2. The highest BCUT2D eigenvalue weighted by Gasteiger charge is 2.31. The molecule has 1 unspecified atom stereocenters. The van der Waals surface area contributed by atoms with Crippen LogP contribution in [-0.4, -0.2) is 50.1 Å². The molecule has 2 N–H and O–H groups in total. The summed E-state index contributed by atoms with van der Waals surface area (Å²) in [7, 11) is 0. The van der Waals surface area contributed by atoms with Crippen molar-refractivity contribution in [3.63, 3.8) is 0 Å². The molecule has 13 heteroatoms. The maximum atomic E-state index is 13.3. The van der Waals surface area contributed by atoms with E-state index in [1.165, 1.54) is 12.1 Å². The largest absolute Gasteiger partial charge is 0.445 e. The molecular formula is C29H35F3N6O4. The molecule has 0 fully saturated rings. The van der Waals surface area contributed by atoms with Crippen molar-refractivity contribution < 1.29 is 32.3 Å². The Labute approximate surface area is 242 Å². The van der Waals surface area contributed by atoms with Crippen LogP contribution in [0.4, 0.5) is 18.0 Å². The van der Waals surface area contributed by atoms with E-state index in [1.54, 1.807) is 0 Å². The molecule has 0 aliphatic carbocycles. The highest BCUT2D eigenvalue weighted by Crippen LogP contribution is 2.30. The van der Waals surface area contributed by atoms with Crippen molar-refractivity contribution in [2.75, 3.05) is 0 Å². The van der Waals surface area contributed by atoms with Crippen LogP contribution in [0.25, 0.3) is 11.4 Å². The molecule has 2 amide bonds. The lowest BCUT2D eigenvalue weighted by Crippen LogP contribution is -2.52. The first-order valence-corrected chi connectivity index (χ1v) is 13.6. The van der Waals surface area contributed by atoms with Crippen molar-refractivity contribution >= 4 is 17.8 Å². The quantitative estimate of drug-likeness (QED) is 0.294. The third-order valence-electron chi connectivity index (χ3n) is 6.16. The predicted octanol–water partition coefficient (Wildman–Crippen LogP) is 4.80. The Balaban J connectivity index is 1.65. The number of halogens is 3. The van der Waals surface area contributed by atoms with Gasteiger partial charge < -0.3 is 15.4 Å². The van der Waals surface area contributed by atoms with E-state index in [0.717, 1.165) is 22.5 Å². The molecule has 2 aromatic carbocycles. The second kappa shape index (κ2) is 14.6. The smallest absolute Gasteiger partial charge is 0.416 e. The molecule has 1 aromatic heterocycles. The number of ether oxygens (including phenoxy) is 1. The molecule has 1 heterocycles. The fourth-order valence-electron chi connectivity index (χ4n) is 4.11. The summed E-state index contributed by atoms with van der Waals surface area (Å²) in [6, 6.07) is 11.5. The Morgan fingerprint density at radius 3 is 2.10 bits per heavy atom. The van der Waals surface area contributed by atoms with E-state index in [4.69, 9.17) is 4.74 Å². The van der Waals surface area contributed by atoms with Gasteiger partial charge in [0.25, 0.3) is 0 Å². The number of tetrazole rings is 1. The van der Waals surface area contributed by atoms with Crippen LogP contribution in [0.3, 0.4) is 0 Å². The third-order valence-corrected chi connectivity index (χ3v) is 6.16. The summed E-state index contributed by atoms with van der Waals surface area (Å²) < 4.78 is 43.8. The summed E-state index contributed by atoms with van der Waals surface area (Å²) >= 11 is 0. The second-order valence-corrected chi connectivity index (χ2v) is 10.8. The molecule has 0 saturated heterocycles. The van der Waals surface area contributed by atoms with E-state index < -0.39 is 41.6 Å². The Morgan fingerprint density at radius 1 is 0.881 bits per heavy atom. The van der Waals surface area contributed by atoms with Crippen LogP contribution in [0.2, 0.25) is 0 Å². The summed E-state index contributed by atoms with van der Waals surface area (Å²) in [6.45, 7) is 7.31. The molecule has 0 bridgehead atoms. The number of rotatable bonds is 13. The minimum Gasteiger partial charge on any atom is -0.445 e. The molecule has 42 heavy (non-hydrogen) atoms. The van der Waals surface area contributed by atoms with Crippen molar-refractivity contribution in [2.45, 2.75) is 71.9 Å². The van der Waals surface area contributed by atoms with Gasteiger partial charge in [-0.1, -0.05) is 70.2 Å². The van der Waals surface area contributed by atoms with Crippen molar-refractivity contribution in [3.8, 4) is 11.4 Å². The maximum Gasteiger partial charge on any atom is 0.416 e. The first kappa shape index (κ1) is 32.2. The zero-order valence-electron chi connectivity index (χ0n) is 23.9. The van der Waals surface area contributed by atoms with Gasteiger partial charge in [-0.3, -0.25) is 9.59 Å². The normalized spacial score (nSPS) is 13.1. The highest BCUT2D eigenvalue weighted by atomic mass is 19.4. The van der Waals surface area contributed by atoms with Gasteiger partial charge in [0, 0.05) is 5.56 Å². The van der Waals surface area contributed by atoms with E-state index in [0.29, 0.717) is 18.4 Å². The molecular weight excluding hydrogens is 553 g/mol. The van der Waals surface area contributed by atoms with Gasteiger partial charge in [0.2, 0.25) is 11.7 Å². The number of hydrogen-bond donors (Lipinski definition) is 2. The molecule has 0 radical (unpaired) electrons. The zero-order valence-corrected chi connectivity index (χ0v) is 23.9. The maximum absolute atomic E-state index is 13.3. The molecule has 0 aliphatic rings. The van der Waals surface area contributed by atoms with Gasteiger partial charge in [0.15, 0.2) is 5.78 Å². The van der Waals surface area contributed by atoms with Gasteiger partial charge in [0.05, 0.1) is 11.6 Å².